The average molecular weight is 367 g/mol. The van der Waals surface area contributed by atoms with Crippen molar-refractivity contribution in [2.24, 2.45) is 5.73 Å². The van der Waals surface area contributed by atoms with Gasteiger partial charge in [0, 0.05) is 15.0 Å². The summed E-state index contributed by atoms with van der Waals surface area (Å²) in [6.45, 7) is 8.46. The largest absolute Gasteiger partial charge is 0.321 e. The highest BCUT2D eigenvalue weighted by molar-refractivity contribution is 9.10. The molecule has 0 aliphatic heterocycles. The summed E-state index contributed by atoms with van der Waals surface area (Å²) < 4.78 is 0.967. The van der Waals surface area contributed by atoms with Crippen LogP contribution in [0.5, 0.6) is 0 Å². The predicted molar refractivity (Wildman–Crippen MR) is 95.0 cm³/mol. The molecule has 0 radical (unpaired) electrons. The Kier molecular flexibility index (Phi) is 4.82. The van der Waals surface area contributed by atoms with Crippen LogP contribution in [0.25, 0.3) is 0 Å². The molecule has 3 heteroatoms. The maximum absolute atomic E-state index is 6.60. The number of hydrogen-bond donors (Lipinski definition) is 1. The minimum absolute atomic E-state index is 0.497. The van der Waals surface area contributed by atoms with Crippen LogP contribution in [0.4, 0.5) is 0 Å². The van der Waals surface area contributed by atoms with E-state index in [0.29, 0.717) is 5.02 Å². The van der Waals surface area contributed by atoms with Crippen molar-refractivity contribution in [3.8, 4) is 0 Å². The lowest BCUT2D eigenvalue weighted by atomic mass is 9.83. The maximum atomic E-state index is 6.60. The van der Waals surface area contributed by atoms with Crippen LogP contribution in [0.1, 0.15) is 34.7 Å². The zero-order valence-electron chi connectivity index (χ0n) is 12.9. The summed E-state index contributed by atoms with van der Waals surface area (Å²) in [5.74, 6) is 0. The van der Waals surface area contributed by atoms with Gasteiger partial charge in [0.05, 0.1) is 0 Å². The first-order chi connectivity index (χ1) is 9.70. The molecule has 2 N–H and O–H groups in total. The van der Waals surface area contributed by atoms with Crippen LogP contribution in [-0.4, -0.2) is 0 Å². The van der Waals surface area contributed by atoms with Crippen LogP contribution in [-0.2, 0) is 12.0 Å². The van der Waals surface area contributed by atoms with Gasteiger partial charge in [0.15, 0.2) is 0 Å². The Morgan fingerprint density at radius 2 is 1.67 bits per heavy atom. The number of nitrogens with two attached hydrogens (primary N) is 1. The summed E-state index contributed by atoms with van der Waals surface area (Å²) >= 11 is 9.81. The molecule has 0 amide bonds. The van der Waals surface area contributed by atoms with E-state index in [0.717, 1.165) is 16.5 Å². The number of hydrogen-bond acceptors (Lipinski definition) is 1. The van der Waals surface area contributed by atoms with Crippen molar-refractivity contribution >= 4 is 27.5 Å². The van der Waals surface area contributed by atoms with Gasteiger partial charge in [-0.25, -0.2) is 0 Å². The topological polar surface area (TPSA) is 26.0 Å². The van der Waals surface area contributed by atoms with Gasteiger partial charge in [-0.15, -0.1) is 0 Å². The van der Waals surface area contributed by atoms with E-state index in [9.17, 15) is 0 Å². The van der Waals surface area contributed by atoms with Crippen LogP contribution in [0.3, 0.4) is 0 Å². The first kappa shape index (κ1) is 16.5. The summed E-state index contributed by atoms with van der Waals surface area (Å²) in [4.78, 5) is 0. The monoisotopic (exact) mass is 365 g/mol. The van der Waals surface area contributed by atoms with E-state index >= 15 is 0 Å². The second kappa shape index (κ2) is 6.12. The lowest BCUT2D eigenvalue weighted by molar-refractivity contribution is 0.489. The van der Waals surface area contributed by atoms with Crippen LogP contribution in [0.15, 0.2) is 34.8 Å². The molecule has 2 aromatic rings. The molecule has 2 rings (SSSR count). The summed E-state index contributed by atoms with van der Waals surface area (Å²) in [6, 6.07) is 10.3. The van der Waals surface area contributed by atoms with Crippen LogP contribution < -0.4 is 5.73 Å². The van der Waals surface area contributed by atoms with Crippen LogP contribution in [0, 0.1) is 20.8 Å². The van der Waals surface area contributed by atoms with E-state index in [-0.39, 0.29) is 0 Å². The SMILES string of the molecule is Cc1cc(C)c(CC(C)(N)c2ccc(Br)cc2Cl)c(C)c1. The van der Waals surface area contributed by atoms with Gasteiger partial charge >= 0.3 is 0 Å². The molecular weight excluding hydrogens is 346 g/mol. The van der Waals surface area contributed by atoms with Crippen LogP contribution in [0.2, 0.25) is 5.02 Å². The van der Waals surface area contributed by atoms with Gasteiger partial charge < -0.3 is 5.73 Å². The molecule has 112 valence electrons. The molecule has 0 heterocycles. The average Bonchev–Trinajstić information content (AvgIpc) is 2.33. The zero-order chi connectivity index (χ0) is 15.8. The van der Waals surface area contributed by atoms with Crippen molar-refractivity contribution in [3.63, 3.8) is 0 Å². The Bertz CT molecular complexity index is 654. The molecule has 1 unspecified atom stereocenters. The highest BCUT2D eigenvalue weighted by Crippen LogP contribution is 2.33. The molecule has 2 aromatic carbocycles. The van der Waals surface area contributed by atoms with Gasteiger partial charge in [0.2, 0.25) is 0 Å². The Morgan fingerprint density at radius 1 is 1.10 bits per heavy atom. The van der Waals surface area contributed by atoms with Gasteiger partial charge in [-0.05, 0) is 68.5 Å². The molecular formula is C18H21BrClN. The number of aryl methyl sites for hydroxylation is 3. The summed E-state index contributed by atoms with van der Waals surface area (Å²) in [6.07, 6.45) is 0.770. The summed E-state index contributed by atoms with van der Waals surface area (Å²) in [7, 11) is 0. The lowest BCUT2D eigenvalue weighted by Crippen LogP contribution is -2.36. The molecule has 0 saturated heterocycles. The summed E-state index contributed by atoms with van der Waals surface area (Å²) in [5.41, 5.74) is 12.3. The third-order valence-corrected chi connectivity index (χ3v) is 4.74. The van der Waals surface area contributed by atoms with Crippen LogP contribution >= 0.6 is 27.5 Å². The van der Waals surface area contributed by atoms with E-state index in [1.807, 2.05) is 25.1 Å². The van der Waals surface area contributed by atoms with Crippen molar-refractivity contribution in [1.29, 1.82) is 0 Å². The molecule has 1 nitrogen and oxygen atoms in total. The Balaban J connectivity index is 2.42. The molecule has 0 saturated carbocycles. The van der Waals surface area contributed by atoms with Crippen molar-refractivity contribution in [3.05, 3.63) is 67.6 Å². The standard InChI is InChI=1S/C18H21BrClN/c1-11-7-12(2)15(13(3)8-11)10-18(4,21)16-6-5-14(19)9-17(16)20/h5-9H,10,21H2,1-4H3. The fourth-order valence-electron chi connectivity index (χ4n) is 2.90. The second-order valence-electron chi connectivity index (χ2n) is 6.10. The van der Waals surface area contributed by atoms with Gasteiger partial charge in [-0.3, -0.25) is 0 Å². The molecule has 1 atom stereocenters. The molecule has 0 aliphatic carbocycles. The molecule has 0 fully saturated rings. The predicted octanol–water partition coefficient (Wildman–Crippen LogP) is 5.44. The molecule has 0 aromatic heterocycles. The third-order valence-electron chi connectivity index (χ3n) is 3.93. The lowest BCUT2D eigenvalue weighted by Gasteiger charge is -2.28. The highest BCUT2D eigenvalue weighted by atomic mass is 79.9. The molecule has 0 aliphatic rings. The quantitative estimate of drug-likeness (QED) is 0.768. The smallest absolute Gasteiger partial charge is 0.0467 e. The first-order valence-corrected chi connectivity index (χ1v) is 8.19. The van der Waals surface area contributed by atoms with Crippen molar-refractivity contribution in [1.82, 2.24) is 0 Å². The number of benzene rings is 2. The fraction of sp³-hybridized carbons (Fsp3) is 0.333. The van der Waals surface area contributed by atoms with E-state index in [1.165, 1.54) is 22.3 Å². The maximum Gasteiger partial charge on any atom is 0.0467 e. The van der Waals surface area contributed by atoms with E-state index < -0.39 is 5.54 Å². The number of halogens is 2. The minimum Gasteiger partial charge on any atom is -0.321 e. The minimum atomic E-state index is -0.497. The molecule has 0 bridgehead atoms. The fourth-order valence-corrected chi connectivity index (χ4v) is 3.79. The van der Waals surface area contributed by atoms with E-state index in [2.05, 4.69) is 48.8 Å². The second-order valence-corrected chi connectivity index (χ2v) is 7.42. The van der Waals surface area contributed by atoms with E-state index in [1.54, 1.807) is 0 Å². The molecule has 21 heavy (non-hydrogen) atoms. The Labute approximate surface area is 140 Å². The van der Waals surface area contributed by atoms with Gasteiger partial charge in [0.1, 0.15) is 0 Å². The van der Waals surface area contributed by atoms with Crippen molar-refractivity contribution in [2.75, 3.05) is 0 Å². The third kappa shape index (κ3) is 3.68. The normalized spacial score (nSPS) is 14.0. The Hall–Kier alpha value is -0.830. The van der Waals surface area contributed by atoms with E-state index in [4.69, 9.17) is 17.3 Å². The van der Waals surface area contributed by atoms with Gasteiger partial charge in [0.25, 0.3) is 0 Å². The van der Waals surface area contributed by atoms with Crippen molar-refractivity contribution in [2.45, 2.75) is 39.7 Å². The van der Waals surface area contributed by atoms with Gasteiger partial charge in [-0.2, -0.15) is 0 Å². The summed E-state index contributed by atoms with van der Waals surface area (Å²) in [5, 5.41) is 0.705. The molecule has 0 spiro atoms. The number of rotatable bonds is 3. The van der Waals surface area contributed by atoms with Crippen molar-refractivity contribution < 1.29 is 0 Å². The zero-order valence-corrected chi connectivity index (χ0v) is 15.3. The highest BCUT2D eigenvalue weighted by Gasteiger charge is 2.26. The Morgan fingerprint density at radius 3 is 2.19 bits per heavy atom. The first-order valence-electron chi connectivity index (χ1n) is 7.02. The van der Waals surface area contributed by atoms with Gasteiger partial charge in [-0.1, -0.05) is 51.3 Å².